The van der Waals surface area contributed by atoms with Crippen LogP contribution in [0.4, 0.5) is 4.79 Å². The van der Waals surface area contributed by atoms with E-state index in [1.807, 2.05) is 52.8 Å². The summed E-state index contributed by atoms with van der Waals surface area (Å²) < 4.78 is 5.22. The highest BCUT2D eigenvalue weighted by atomic mass is 16.6. The predicted octanol–water partition coefficient (Wildman–Crippen LogP) is 2.99. The molecule has 0 heterocycles. The van der Waals surface area contributed by atoms with Gasteiger partial charge < -0.3 is 25.4 Å². The minimum atomic E-state index is -1.25. The maximum Gasteiger partial charge on any atom is 0.408 e. The molecule has 0 aliphatic heterocycles. The lowest BCUT2D eigenvalue weighted by Gasteiger charge is -2.35. The zero-order valence-electron chi connectivity index (χ0n) is 20.8. The van der Waals surface area contributed by atoms with E-state index < -0.39 is 41.8 Å². The van der Waals surface area contributed by atoms with Gasteiger partial charge in [0.2, 0.25) is 11.8 Å². The molecule has 2 atom stereocenters. The van der Waals surface area contributed by atoms with E-state index in [2.05, 4.69) is 10.6 Å². The van der Waals surface area contributed by atoms with Crippen molar-refractivity contribution < 1.29 is 24.2 Å². The number of alkyl carbamates (subject to hydrolysis) is 1. The molecule has 8 nitrogen and oxygen atoms in total. The third kappa shape index (κ3) is 8.15. The molecule has 0 aromatic heterocycles. The second-order valence-electron chi connectivity index (χ2n) is 10.0. The Hall–Kier alpha value is -2.61. The van der Waals surface area contributed by atoms with Gasteiger partial charge in [-0.15, -0.1) is 0 Å². The van der Waals surface area contributed by atoms with Crippen molar-refractivity contribution in [2.24, 2.45) is 0 Å². The van der Waals surface area contributed by atoms with Crippen molar-refractivity contribution in [3.63, 3.8) is 0 Å². The largest absolute Gasteiger partial charge is 0.444 e. The van der Waals surface area contributed by atoms with E-state index in [1.165, 1.54) is 4.90 Å². The average molecular weight is 450 g/mol. The molecular formula is C24H39N3O5. The highest BCUT2D eigenvalue weighted by molar-refractivity contribution is 5.92. The Labute approximate surface area is 191 Å². The van der Waals surface area contributed by atoms with Gasteiger partial charge in [-0.25, -0.2) is 4.79 Å². The Bertz CT molecular complexity index is 824. The third-order valence-electron chi connectivity index (χ3n) is 4.58. The van der Waals surface area contributed by atoms with Crippen LogP contribution in [0.2, 0.25) is 0 Å². The number of nitrogens with one attached hydrogen (secondary N) is 2. The minimum absolute atomic E-state index is 0.195. The average Bonchev–Trinajstić information content (AvgIpc) is 2.62. The Morgan fingerprint density at radius 3 is 2.16 bits per heavy atom. The Balaban J connectivity index is 3.37. The standard InChI is InChI=1S/C24H39N3O5/c1-10-27(21(30)18(14-28)25-22(31)32-24(7,8)9)19(20(29)26-23(4,5)6)17-13-15(2)11-12-16(17)3/h11-13,18-19,28H,10,14H2,1-9H3,(H,25,31)(H,26,29). The monoisotopic (exact) mass is 449 g/mol. The molecule has 0 bridgehead atoms. The van der Waals surface area contributed by atoms with Gasteiger partial charge in [0.05, 0.1) is 6.61 Å². The molecular weight excluding hydrogens is 410 g/mol. The van der Waals surface area contributed by atoms with Crippen molar-refractivity contribution in [2.75, 3.05) is 13.2 Å². The van der Waals surface area contributed by atoms with Crippen LogP contribution in [0.3, 0.4) is 0 Å². The van der Waals surface area contributed by atoms with E-state index in [4.69, 9.17) is 4.74 Å². The first-order valence-corrected chi connectivity index (χ1v) is 10.9. The molecule has 3 N–H and O–H groups in total. The molecule has 2 unspecified atom stereocenters. The predicted molar refractivity (Wildman–Crippen MR) is 124 cm³/mol. The van der Waals surface area contributed by atoms with Crippen molar-refractivity contribution in [2.45, 2.75) is 85.5 Å². The molecule has 0 saturated heterocycles. The number of nitrogens with zero attached hydrogens (tertiary/aromatic N) is 1. The van der Waals surface area contributed by atoms with Gasteiger partial charge in [0.1, 0.15) is 17.7 Å². The molecule has 180 valence electrons. The highest BCUT2D eigenvalue weighted by Gasteiger charge is 2.37. The van der Waals surface area contributed by atoms with Crippen LogP contribution in [-0.4, -0.2) is 58.2 Å². The fraction of sp³-hybridized carbons (Fsp3) is 0.625. The van der Waals surface area contributed by atoms with Crippen molar-refractivity contribution in [1.82, 2.24) is 15.5 Å². The Morgan fingerprint density at radius 2 is 1.69 bits per heavy atom. The number of ether oxygens (including phenoxy) is 1. The number of carbonyl (C=O) groups excluding carboxylic acids is 3. The normalized spacial score (nSPS) is 13.7. The number of likely N-dealkylation sites (N-methyl/N-ethyl adjacent to an activating group) is 1. The first kappa shape index (κ1) is 27.4. The molecule has 3 amide bonds. The number of carbonyl (C=O) groups is 3. The van der Waals surface area contributed by atoms with Gasteiger partial charge in [-0.3, -0.25) is 9.59 Å². The lowest BCUT2D eigenvalue weighted by atomic mass is 9.95. The van der Waals surface area contributed by atoms with Crippen molar-refractivity contribution in [3.05, 3.63) is 34.9 Å². The molecule has 0 spiro atoms. The molecule has 0 fully saturated rings. The van der Waals surface area contributed by atoms with Gasteiger partial charge in [-0.2, -0.15) is 0 Å². The van der Waals surface area contributed by atoms with Crippen LogP contribution in [0.25, 0.3) is 0 Å². The second-order valence-corrected chi connectivity index (χ2v) is 10.0. The van der Waals surface area contributed by atoms with E-state index in [-0.39, 0.29) is 12.5 Å². The Kier molecular flexibility index (Phi) is 9.26. The number of aliphatic hydroxyl groups is 1. The van der Waals surface area contributed by atoms with E-state index in [0.717, 1.165) is 11.1 Å². The number of aliphatic hydroxyl groups excluding tert-OH is 1. The minimum Gasteiger partial charge on any atom is -0.444 e. The van der Waals surface area contributed by atoms with Crippen LogP contribution in [0.5, 0.6) is 0 Å². The molecule has 8 heteroatoms. The summed E-state index contributed by atoms with van der Waals surface area (Å²) in [7, 11) is 0. The zero-order chi connectivity index (χ0) is 24.9. The molecule has 32 heavy (non-hydrogen) atoms. The lowest BCUT2D eigenvalue weighted by molar-refractivity contribution is -0.143. The molecule has 0 saturated carbocycles. The van der Waals surface area contributed by atoms with Gasteiger partial charge >= 0.3 is 6.09 Å². The summed E-state index contributed by atoms with van der Waals surface area (Å²) >= 11 is 0. The quantitative estimate of drug-likeness (QED) is 0.593. The number of aryl methyl sites for hydroxylation is 2. The molecule has 1 aromatic rings. The van der Waals surface area contributed by atoms with Crippen LogP contribution in [0, 0.1) is 13.8 Å². The first-order chi connectivity index (χ1) is 14.6. The van der Waals surface area contributed by atoms with Crippen LogP contribution in [0.1, 0.15) is 71.2 Å². The summed E-state index contributed by atoms with van der Waals surface area (Å²) in [5.74, 6) is -0.911. The lowest BCUT2D eigenvalue weighted by Crippen LogP contribution is -2.55. The fourth-order valence-corrected chi connectivity index (χ4v) is 3.24. The maximum atomic E-state index is 13.4. The van der Waals surface area contributed by atoms with Gasteiger partial charge in [-0.05, 0) is 73.4 Å². The summed E-state index contributed by atoms with van der Waals surface area (Å²) in [6.07, 6.45) is -0.816. The van der Waals surface area contributed by atoms with E-state index >= 15 is 0 Å². The summed E-state index contributed by atoms with van der Waals surface area (Å²) in [4.78, 5) is 40.4. The Morgan fingerprint density at radius 1 is 1.09 bits per heavy atom. The van der Waals surface area contributed by atoms with Crippen molar-refractivity contribution in [1.29, 1.82) is 0 Å². The molecule has 0 radical (unpaired) electrons. The van der Waals surface area contributed by atoms with Crippen LogP contribution < -0.4 is 10.6 Å². The van der Waals surface area contributed by atoms with Gasteiger partial charge in [0.15, 0.2) is 0 Å². The summed E-state index contributed by atoms with van der Waals surface area (Å²) in [5, 5.41) is 15.2. The number of benzene rings is 1. The molecule has 1 aromatic carbocycles. The van der Waals surface area contributed by atoms with E-state index in [0.29, 0.717) is 5.56 Å². The van der Waals surface area contributed by atoms with Gasteiger partial charge in [-0.1, -0.05) is 23.8 Å². The topological polar surface area (TPSA) is 108 Å². The van der Waals surface area contributed by atoms with Gasteiger partial charge in [0, 0.05) is 12.1 Å². The maximum absolute atomic E-state index is 13.4. The number of rotatable bonds is 7. The molecule has 0 aliphatic carbocycles. The number of hydrogen-bond donors (Lipinski definition) is 3. The summed E-state index contributed by atoms with van der Waals surface area (Å²) in [6, 6.07) is 3.55. The fourth-order valence-electron chi connectivity index (χ4n) is 3.24. The van der Waals surface area contributed by atoms with Crippen molar-refractivity contribution >= 4 is 17.9 Å². The smallest absolute Gasteiger partial charge is 0.408 e. The number of hydrogen-bond acceptors (Lipinski definition) is 5. The number of amides is 3. The van der Waals surface area contributed by atoms with Gasteiger partial charge in [0.25, 0.3) is 0 Å². The van der Waals surface area contributed by atoms with E-state index in [1.54, 1.807) is 27.7 Å². The summed E-state index contributed by atoms with van der Waals surface area (Å²) in [5.41, 5.74) is 1.23. The van der Waals surface area contributed by atoms with Crippen LogP contribution in [0.15, 0.2) is 18.2 Å². The van der Waals surface area contributed by atoms with Crippen LogP contribution in [-0.2, 0) is 14.3 Å². The molecule has 1 rings (SSSR count). The molecule has 0 aliphatic rings. The van der Waals surface area contributed by atoms with E-state index in [9.17, 15) is 19.5 Å². The summed E-state index contributed by atoms with van der Waals surface area (Å²) in [6.45, 7) is 15.8. The first-order valence-electron chi connectivity index (χ1n) is 10.9. The SMILES string of the molecule is CCN(C(=O)C(CO)NC(=O)OC(C)(C)C)C(C(=O)NC(C)(C)C)c1cc(C)ccc1C. The van der Waals surface area contributed by atoms with Crippen molar-refractivity contribution in [3.8, 4) is 0 Å². The van der Waals surface area contributed by atoms with Crippen LogP contribution >= 0.6 is 0 Å². The second kappa shape index (κ2) is 10.8. The highest BCUT2D eigenvalue weighted by Crippen LogP contribution is 2.27. The zero-order valence-corrected chi connectivity index (χ0v) is 20.8. The third-order valence-corrected chi connectivity index (χ3v) is 4.58.